The molecule has 3 nitrogen and oxygen atoms in total. The van der Waals surface area contributed by atoms with Crippen LogP contribution in [0.15, 0.2) is 24.3 Å². The number of hydrogen-bond acceptors (Lipinski definition) is 3. The van der Waals surface area contributed by atoms with Crippen LogP contribution >= 0.6 is 0 Å². The monoisotopic (exact) mass is 238 g/mol. The van der Waals surface area contributed by atoms with Gasteiger partial charge in [-0.3, -0.25) is 4.79 Å². The Morgan fingerprint density at radius 3 is 2.59 bits per heavy atom. The van der Waals surface area contributed by atoms with E-state index in [0.29, 0.717) is 25.2 Å². The summed E-state index contributed by atoms with van der Waals surface area (Å²) in [4.78, 5) is 11.3. The first kappa shape index (κ1) is 11.9. The van der Waals surface area contributed by atoms with Gasteiger partial charge in [-0.2, -0.15) is 0 Å². The second kappa shape index (κ2) is 5.17. The molecule has 1 aromatic rings. The second-order valence-corrected chi connectivity index (χ2v) is 4.11. The van der Waals surface area contributed by atoms with Crippen LogP contribution in [0.25, 0.3) is 0 Å². The Morgan fingerprint density at radius 1 is 1.35 bits per heavy atom. The van der Waals surface area contributed by atoms with Gasteiger partial charge in [0.25, 0.3) is 0 Å². The third-order valence-electron chi connectivity index (χ3n) is 2.83. The van der Waals surface area contributed by atoms with Crippen LogP contribution in [0.3, 0.4) is 0 Å². The van der Waals surface area contributed by atoms with E-state index in [1.807, 2.05) is 0 Å². The zero-order valence-electron chi connectivity index (χ0n) is 9.69. The van der Waals surface area contributed by atoms with Crippen LogP contribution in [-0.2, 0) is 9.53 Å². The largest absolute Gasteiger partial charge is 0.490 e. The lowest BCUT2D eigenvalue weighted by molar-refractivity contribution is -0.154. The zero-order valence-corrected chi connectivity index (χ0v) is 9.69. The first-order chi connectivity index (χ1) is 8.19. The highest BCUT2D eigenvalue weighted by Gasteiger charge is 2.37. The molecular formula is C13H15FO3. The quantitative estimate of drug-likeness (QED) is 0.756. The lowest BCUT2D eigenvalue weighted by Crippen LogP contribution is -2.39. The molecule has 92 valence electrons. The van der Waals surface area contributed by atoms with E-state index < -0.39 is 0 Å². The van der Waals surface area contributed by atoms with Crippen molar-refractivity contribution in [3.8, 4) is 5.75 Å². The molecule has 0 unspecified atom stereocenters. The minimum absolute atomic E-state index is 0.0369. The third kappa shape index (κ3) is 2.96. The maximum absolute atomic E-state index is 12.7. The summed E-state index contributed by atoms with van der Waals surface area (Å²) in [5.74, 6) is 0.168. The van der Waals surface area contributed by atoms with Crippen molar-refractivity contribution in [3.05, 3.63) is 30.1 Å². The summed E-state index contributed by atoms with van der Waals surface area (Å²) >= 11 is 0. The first-order valence-corrected chi connectivity index (χ1v) is 5.78. The minimum Gasteiger partial charge on any atom is -0.490 e. The maximum Gasteiger partial charge on any atom is 0.309 e. The Hall–Kier alpha value is -1.58. The molecule has 0 amide bonds. The molecule has 0 N–H and O–H groups in total. The molecule has 0 saturated heterocycles. The van der Waals surface area contributed by atoms with Crippen LogP contribution in [-0.4, -0.2) is 18.7 Å². The van der Waals surface area contributed by atoms with Crippen molar-refractivity contribution >= 4 is 5.97 Å². The fourth-order valence-corrected chi connectivity index (χ4v) is 1.82. The molecule has 1 aromatic carbocycles. The summed E-state index contributed by atoms with van der Waals surface area (Å²) in [5, 5.41) is 0. The highest BCUT2D eigenvalue weighted by molar-refractivity contribution is 5.73. The summed E-state index contributed by atoms with van der Waals surface area (Å²) < 4.78 is 23.2. The van der Waals surface area contributed by atoms with Gasteiger partial charge >= 0.3 is 5.97 Å². The van der Waals surface area contributed by atoms with E-state index in [1.54, 1.807) is 19.1 Å². The smallest absolute Gasteiger partial charge is 0.309 e. The van der Waals surface area contributed by atoms with Crippen LogP contribution in [0.1, 0.15) is 19.8 Å². The Bertz CT molecular complexity index is 382. The van der Waals surface area contributed by atoms with E-state index in [-0.39, 0.29) is 23.8 Å². The first-order valence-electron chi connectivity index (χ1n) is 5.78. The minimum atomic E-state index is -0.282. The average Bonchev–Trinajstić information content (AvgIpc) is 2.25. The van der Waals surface area contributed by atoms with Gasteiger partial charge in [0.1, 0.15) is 17.7 Å². The van der Waals surface area contributed by atoms with E-state index in [4.69, 9.17) is 9.47 Å². The normalized spacial score (nSPS) is 22.7. The SMILES string of the molecule is CCOC(=O)[C@H]1C[C@@H](Oc2ccc(F)cc2)C1. The van der Waals surface area contributed by atoms with Crippen molar-refractivity contribution in [3.63, 3.8) is 0 Å². The van der Waals surface area contributed by atoms with Crippen molar-refractivity contribution in [2.75, 3.05) is 6.61 Å². The van der Waals surface area contributed by atoms with Crippen LogP contribution in [0, 0.1) is 11.7 Å². The molecule has 1 fully saturated rings. The van der Waals surface area contributed by atoms with Gasteiger partial charge in [-0.25, -0.2) is 4.39 Å². The lowest BCUT2D eigenvalue weighted by Gasteiger charge is -2.33. The Kier molecular flexibility index (Phi) is 3.61. The number of carbonyl (C=O) groups is 1. The summed E-state index contributed by atoms with van der Waals surface area (Å²) in [6.07, 6.45) is 1.39. The van der Waals surface area contributed by atoms with Crippen molar-refractivity contribution in [2.24, 2.45) is 5.92 Å². The molecule has 17 heavy (non-hydrogen) atoms. The molecule has 4 heteroatoms. The van der Waals surface area contributed by atoms with Crippen LogP contribution in [0.4, 0.5) is 4.39 Å². The summed E-state index contributed by atoms with van der Waals surface area (Å²) in [7, 11) is 0. The Labute approximate surface area is 99.5 Å². The number of rotatable bonds is 4. The highest BCUT2D eigenvalue weighted by atomic mass is 19.1. The molecule has 0 radical (unpaired) electrons. The topological polar surface area (TPSA) is 35.5 Å². The van der Waals surface area contributed by atoms with Crippen LogP contribution < -0.4 is 4.74 Å². The summed E-state index contributed by atoms with van der Waals surface area (Å²) in [6.45, 7) is 2.21. The molecule has 2 rings (SSSR count). The van der Waals surface area contributed by atoms with Gasteiger partial charge in [-0.05, 0) is 44.0 Å². The van der Waals surface area contributed by atoms with E-state index >= 15 is 0 Å². The van der Waals surface area contributed by atoms with Crippen molar-refractivity contribution in [1.82, 2.24) is 0 Å². The van der Waals surface area contributed by atoms with Gasteiger partial charge in [0.05, 0.1) is 12.5 Å². The number of hydrogen-bond donors (Lipinski definition) is 0. The van der Waals surface area contributed by atoms with Gasteiger partial charge in [-0.15, -0.1) is 0 Å². The van der Waals surface area contributed by atoms with Gasteiger partial charge in [0.15, 0.2) is 0 Å². The van der Waals surface area contributed by atoms with Gasteiger partial charge < -0.3 is 9.47 Å². The maximum atomic E-state index is 12.7. The molecule has 1 aliphatic carbocycles. The average molecular weight is 238 g/mol. The molecular weight excluding hydrogens is 223 g/mol. The second-order valence-electron chi connectivity index (χ2n) is 4.11. The third-order valence-corrected chi connectivity index (χ3v) is 2.83. The van der Waals surface area contributed by atoms with Crippen molar-refractivity contribution in [2.45, 2.75) is 25.9 Å². The van der Waals surface area contributed by atoms with E-state index in [1.165, 1.54) is 12.1 Å². The van der Waals surface area contributed by atoms with Gasteiger partial charge in [0.2, 0.25) is 0 Å². The summed E-state index contributed by atoms with van der Waals surface area (Å²) in [5.41, 5.74) is 0. The molecule has 1 saturated carbocycles. The summed E-state index contributed by atoms with van der Waals surface area (Å²) in [6, 6.07) is 5.90. The predicted octanol–water partition coefficient (Wildman–Crippen LogP) is 2.55. The molecule has 0 spiro atoms. The number of ether oxygens (including phenoxy) is 2. The van der Waals surface area contributed by atoms with Gasteiger partial charge in [-0.1, -0.05) is 0 Å². The molecule has 0 heterocycles. The molecule has 0 aromatic heterocycles. The van der Waals surface area contributed by atoms with E-state index in [0.717, 1.165) is 0 Å². The Morgan fingerprint density at radius 2 is 2.00 bits per heavy atom. The van der Waals surface area contributed by atoms with Gasteiger partial charge in [0, 0.05) is 0 Å². The lowest BCUT2D eigenvalue weighted by atomic mass is 9.82. The highest BCUT2D eigenvalue weighted by Crippen LogP contribution is 2.32. The van der Waals surface area contributed by atoms with Crippen LogP contribution in [0.5, 0.6) is 5.75 Å². The number of carbonyl (C=O) groups excluding carboxylic acids is 1. The molecule has 1 aliphatic rings. The number of halogens is 1. The van der Waals surface area contributed by atoms with Crippen molar-refractivity contribution in [1.29, 1.82) is 0 Å². The van der Waals surface area contributed by atoms with E-state index in [2.05, 4.69) is 0 Å². The fourth-order valence-electron chi connectivity index (χ4n) is 1.82. The molecule has 0 aliphatic heterocycles. The number of esters is 1. The van der Waals surface area contributed by atoms with Crippen molar-refractivity contribution < 1.29 is 18.7 Å². The van der Waals surface area contributed by atoms with Crippen LogP contribution in [0.2, 0.25) is 0 Å². The predicted molar refractivity (Wildman–Crippen MR) is 60.2 cm³/mol. The van der Waals surface area contributed by atoms with E-state index in [9.17, 15) is 9.18 Å². The number of benzene rings is 1. The zero-order chi connectivity index (χ0) is 12.3. The molecule has 0 atom stereocenters. The molecule has 0 bridgehead atoms. The standard InChI is InChI=1S/C13H15FO3/c1-2-16-13(15)9-7-12(8-9)17-11-5-3-10(14)4-6-11/h3-6,9,12H,2,7-8H2,1H3/t9-,12+. The Balaban J connectivity index is 1.77. The fraction of sp³-hybridized carbons (Fsp3) is 0.462.